The van der Waals surface area contributed by atoms with E-state index in [0.29, 0.717) is 23.7 Å². The van der Waals surface area contributed by atoms with E-state index in [9.17, 15) is 4.79 Å². The van der Waals surface area contributed by atoms with Crippen LogP contribution in [0, 0.1) is 5.92 Å². The van der Waals surface area contributed by atoms with Crippen LogP contribution in [0.25, 0.3) is 11.0 Å². The van der Waals surface area contributed by atoms with E-state index in [1.165, 1.54) is 0 Å². The second kappa shape index (κ2) is 4.98. The summed E-state index contributed by atoms with van der Waals surface area (Å²) < 4.78 is 7.95. The van der Waals surface area contributed by atoms with Gasteiger partial charge in [-0.2, -0.15) is 0 Å². The van der Waals surface area contributed by atoms with Gasteiger partial charge in [0.1, 0.15) is 17.4 Å². The Balaban J connectivity index is 1.90. The molecule has 20 heavy (non-hydrogen) atoms. The number of aromatic nitrogens is 2. The van der Waals surface area contributed by atoms with Gasteiger partial charge in [-0.1, -0.05) is 11.6 Å². The van der Waals surface area contributed by atoms with Crippen LogP contribution in [0.5, 0.6) is 5.75 Å². The van der Waals surface area contributed by atoms with E-state index in [1.807, 2.05) is 24.6 Å². The molecule has 1 fully saturated rings. The largest absolute Gasteiger partial charge is 0.488 e. The summed E-state index contributed by atoms with van der Waals surface area (Å²) in [5, 5.41) is 3.42. The van der Waals surface area contributed by atoms with Gasteiger partial charge < -0.3 is 14.6 Å². The number of carbonyl (C=O) groups is 1. The van der Waals surface area contributed by atoms with Crippen LogP contribution in [0.4, 0.5) is 0 Å². The Morgan fingerprint density at radius 1 is 1.55 bits per heavy atom. The number of halogens is 1. The zero-order valence-corrected chi connectivity index (χ0v) is 12.1. The molecule has 0 radical (unpaired) electrons. The molecular formula is C14H16ClN3O2. The normalized spacial score (nSPS) is 20.1. The van der Waals surface area contributed by atoms with Crippen molar-refractivity contribution in [2.24, 2.45) is 13.0 Å². The van der Waals surface area contributed by atoms with Crippen molar-refractivity contribution in [3.05, 3.63) is 23.5 Å². The third-order valence-electron chi connectivity index (χ3n) is 3.73. The molecule has 0 unspecified atom stereocenters. The minimum absolute atomic E-state index is 0.0643. The van der Waals surface area contributed by atoms with Gasteiger partial charge in [0.25, 0.3) is 0 Å². The number of imidazole rings is 1. The molecule has 1 aliphatic heterocycles. The fourth-order valence-electron chi connectivity index (χ4n) is 2.57. The summed E-state index contributed by atoms with van der Waals surface area (Å²) in [4.78, 5) is 15.6. The smallest absolute Gasteiger partial charge is 0.220 e. The number of hydrogen-bond donors (Lipinski definition) is 1. The van der Waals surface area contributed by atoms with Crippen molar-refractivity contribution in [3.63, 3.8) is 0 Å². The van der Waals surface area contributed by atoms with Crippen molar-refractivity contribution in [3.8, 4) is 5.75 Å². The zero-order valence-electron chi connectivity index (χ0n) is 11.4. The number of fused-ring (bicyclic) bond motifs is 1. The van der Waals surface area contributed by atoms with Gasteiger partial charge in [-0.25, -0.2) is 4.98 Å². The highest BCUT2D eigenvalue weighted by molar-refractivity contribution is 6.31. The molecule has 106 valence electrons. The molecule has 0 bridgehead atoms. The Bertz CT molecular complexity index is 668. The minimum atomic E-state index is -0.0643. The van der Waals surface area contributed by atoms with Gasteiger partial charge in [0.2, 0.25) is 5.91 Å². The maximum atomic E-state index is 11.3. The first-order valence-electron chi connectivity index (χ1n) is 6.58. The van der Waals surface area contributed by atoms with Crippen molar-refractivity contribution in [1.29, 1.82) is 0 Å². The van der Waals surface area contributed by atoms with Crippen molar-refractivity contribution in [2.45, 2.75) is 19.4 Å². The number of amides is 1. The lowest BCUT2D eigenvalue weighted by Gasteiger charge is -2.20. The molecule has 2 atom stereocenters. The summed E-state index contributed by atoms with van der Waals surface area (Å²) in [6.07, 6.45) is 2.18. The van der Waals surface area contributed by atoms with Gasteiger partial charge in [-0.05, 0) is 13.0 Å². The first kappa shape index (κ1) is 13.2. The third-order valence-corrected chi connectivity index (χ3v) is 3.95. The van der Waals surface area contributed by atoms with Crippen LogP contribution in [0.15, 0.2) is 18.5 Å². The minimum Gasteiger partial charge on any atom is -0.488 e. The van der Waals surface area contributed by atoms with E-state index in [-0.39, 0.29) is 17.9 Å². The van der Waals surface area contributed by atoms with Gasteiger partial charge in [0, 0.05) is 37.0 Å². The van der Waals surface area contributed by atoms with Crippen LogP contribution >= 0.6 is 11.6 Å². The van der Waals surface area contributed by atoms with E-state index in [4.69, 9.17) is 16.3 Å². The fourth-order valence-corrected chi connectivity index (χ4v) is 2.77. The Labute approximate surface area is 121 Å². The Kier molecular flexibility index (Phi) is 3.30. The number of rotatable bonds is 3. The summed E-state index contributed by atoms with van der Waals surface area (Å²) in [7, 11) is 1.92. The molecule has 1 saturated heterocycles. The average Bonchev–Trinajstić information content (AvgIpc) is 2.96. The lowest BCUT2D eigenvalue weighted by atomic mass is 10.0. The molecule has 2 aromatic rings. The third kappa shape index (κ3) is 2.33. The molecule has 5 nitrogen and oxygen atoms in total. The van der Waals surface area contributed by atoms with Gasteiger partial charge in [-0.3, -0.25) is 4.79 Å². The first-order valence-corrected chi connectivity index (χ1v) is 6.96. The van der Waals surface area contributed by atoms with Gasteiger partial charge in [-0.15, -0.1) is 0 Å². The molecule has 0 aliphatic carbocycles. The molecule has 1 aliphatic rings. The molecule has 1 amide bonds. The zero-order chi connectivity index (χ0) is 14.3. The topological polar surface area (TPSA) is 56.1 Å². The molecule has 1 aromatic heterocycles. The number of benzene rings is 1. The summed E-state index contributed by atoms with van der Waals surface area (Å²) in [5.41, 5.74) is 1.72. The van der Waals surface area contributed by atoms with Crippen molar-refractivity contribution >= 4 is 28.5 Å². The van der Waals surface area contributed by atoms with Crippen molar-refractivity contribution in [2.75, 3.05) is 6.54 Å². The SMILES string of the molecule is C[C@@H](Oc1cc(Cl)cc2ncn(C)c12)[C@H]1CNC(=O)C1. The predicted molar refractivity (Wildman–Crippen MR) is 76.9 cm³/mol. The highest BCUT2D eigenvalue weighted by Gasteiger charge is 2.28. The summed E-state index contributed by atoms with van der Waals surface area (Å²) in [5.74, 6) is 0.978. The maximum Gasteiger partial charge on any atom is 0.220 e. The summed E-state index contributed by atoms with van der Waals surface area (Å²) >= 11 is 6.10. The van der Waals surface area contributed by atoms with Crippen LogP contribution in [0.3, 0.4) is 0 Å². The van der Waals surface area contributed by atoms with Crippen LogP contribution in [-0.4, -0.2) is 28.1 Å². The number of hydrogen-bond acceptors (Lipinski definition) is 3. The Morgan fingerprint density at radius 3 is 3.05 bits per heavy atom. The van der Waals surface area contributed by atoms with E-state index < -0.39 is 0 Å². The van der Waals surface area contributed by atoms with E-state index in [1.54, 1.807) is 12.4 Å². The highest BCUT2D eigenvalue weighted by atomic mass is 35.5. The average molecular weight is 294 g/mol. The maximum absolute atomic E-state index is 11.3. The monoisotopic (exact) mass is 293 g/mol. The van der Waals surface area contributed by atoms with Crippen LogP contribution in [0.1, 0.15) is 13.3 Å². The van der Waals surface area contributed by atoms with Crippen LogP contribution in [0.2, 0.25) is 5.02 Å². The Hall–Kier alpha value is -1.75. The van der Waals surface area contributed by atoms with Gasteiger partial charge in [0.15, 0.2) is 0 Å². The first-order chi connectivity index (χ1) is 9.54. The van der Waals surface area contributed by atoms with E-state index >= 15 is 0 Å². The highest BCUT2D eigenvalue weighted by Crippen LogP contribution is 2.31. The van der Waals surface area contributed by atoms with Crippen LogP contribution in [-0.2, 0) is 11.8 Å². The predicted octanol–water partition coefficient (Wildman–Crippen LogP) is 2.13. The molecule has 6 heteroatoms. The standard InChI is InChI=1S/C14H16ClN3O2/c1-8(9-3-13(19)16-6-9)20-12-5-10(15)4-11-14(12)18(2)7-17-11/h4-5,7-9H,3,6H2,1-2H3,(H,16,19)/t8-,9-/m1/s1. The van der Waals surface area contributed by atoms with Crippen molar-refractivity contribution in [1.82, 2.24) is 14.9 Å². The second-order valence-electron chi connectivity index (χ2n) is 5.22. The number of ether oxygens (including phenoxy) is 1. The summed E-state index contributed by atoms with van der Waals surface area (Å²) in [6, 6.07) is 3.61. The molecule has 1 N–H and O–H groups in total. The summed E-state index contributed by atoms with van der Waals surface area (Å²) in [6.45, 7) is 2.64. The molecule has 2 heterocycles. The fraction of sp³-hybridized carbons (Fsp3) is 0.429. The van der Waals surface area contributed by atoms with Crippen molar-refractivity contribution < 1.29 is 9.53 Å². The molecule has 1 aromatic carbocycles. The lowest BCUT2D eigenvalue weighted by molar-refractivity contribution is -0.119. The number of carbonyl (C=O) groups excluding carboxylic acids is 1. The van der Waals surface area contributed by atoms with Crippen LogP contribution < -0.4 is 10.1 Å². The molecule has 3 rings (SSSR count). The van der Waals surface area contributed by atoms with Gasteiger partial charge >= 0.3 is 0 Å². The molecular weight excluding hydrogens is 278 g/mol. The van der Waals surface area contributed by atoms with E-state index in [0.717, 1.165) is 11.0 Å². The number of nitrogens with zero attached hydrogens (tertiary/aromatic N) is 2. The number of nitrogens with one attached hydrogen (secondary N) is 1. The Morgan fingerprint density at radius 2 is 2.35 bits per heavy atom. The molecule has 0 saturated carbocycles. The quantitative estimate of drug-likeness (QED) is 0.943. The lowest BCUT2D eigenvalue weighted by Crippen LogP contribution is -2.25. The van der Waals surface area contributed by atoms with Gasteiger partial charge in [0.05, 0.1) is 11.8 Å². The molecule has 0 spiro atoms. The second-order valence-corrected chi connectivity index (χ2v) is 5.65. The number of aryl methyl sites for hydroxylation is 1. The van der Waals surface area contributed by atoms with E-state index in [2.05, 4.69) is 10.3 Å².